The quantitative estimate of drug-likeness (QED) is 0.774. The third kappa shape index (κ3) is 3.34. The molecule has 0 saturated heterocycles. The van der Waals surface area contributed by atoms with E-state index in [1.165, 1.54) is 42.4 Å². The predicted octanol–water partition coefficient (Wildman–Crippen LogP) is 1.13. The lowest BCUT2D eigenvalue weighted by Crippen LogP contribution is -2.33. The van der Waals surface area contributed by atoms with Gasteiger partial charge in [0, 0.05) is 6.54 Å². The standard InChI is InChI=1S/C9H14N4OS2/c10-8-12-13-9(16-8)15-5-7(14)11-4-6-2-1-3-6/h6H,1-5H2,(H2,10,12)(H,11,14). The molecule has 0 bridgehead atoms. The summed E-state index contributed by atoms with van der Waals surface area (Å²) >= 11 is 2.69. The minimum Gasteiger partial charge on any atom is -0.374 e. The van der Waals surface area contributed by atoms with Crippen LogP contribution in [0.5, 0.6) is 0 Å². The highest BCUT2D eigenvalue weighted by atomic mass is 32.2. The SMILES string of the molecule is Nc1nnc(SCC(=O)NCC2CCC2)s1. The summed E-state index contributed by atoms with van der Waals surface area (Å²) in [6, 6.07) is 0. The summed E-state index contributed by atoms with van der Waals surface area (Å²) in [5.74, 6) is 1.15. The van der Waals surface area contributed by atoms with Gasteiger partial charge in [0.25, 0.3) is 0 Å². The molecule has 1 aliphatic carbocycles. The molecule has 1 aromatic heterocycles. The minimum absolute atomic E-state index is 0.0608. The monoisotopic (exact) mass is 258 g/mol. The van der Waals surface area contributed by atoms with Gasteiger partial charge in [-0.2, -0.15) is 0 Å². The zero-order valence-corrected chi connectivity index (χ0v) is 10.4. The summed E-state index contributed by atoms with van der Waals surface area (Å²) in [7, 11) is 0. The maximum Gasteiger partial charge on any atom is 0.230 e. The Labute approximate surface area is 102 Å². The Bertz CT molecular complexity index is 364. The molecule has 2 rings (SSSR count). The number of nitrogens with zero attached hydrogens (tertiary/aromatic N) is 2. The molecule has 1 fully saturated rings. The first-order chi connectivity index (χ1) is 7.74. The number of hydrogen-bond acceptors (Lipinski definition) is 6. The van der Waals surface area contributed by atoms with Gasteiger partial charge in [0.05, 0.1) is 5.75 Å². The molecule has 1 aliphatic rings. The molecule has 1 amide bonds. The van der Waals surface area contributed by atoms with E-state index in [-0.39, 0.29) is 5.91 Å². The van der Waals surface area contributed by atoms with Crippen LogP contribution in [0.15, 0.2) is 4.34 Å². The van der Waals surface area contributed by atoms with E-state index in [0.29, 0.717) is 16.8 Å². The number of aromatic nitrogens is 2. The van der Waals surface area contributed by atoms with Crippen LogP contribution in [0.3, 0.4) is 0 Å². The van der Waals surface area contributed by atoms with E-state index >= 15 is 0 Å². The Morgan fingerprint density at radius 2 is 2.38 bits per heavy atom. The summed E-state index contributed by atoms with van der Waals surface area (Å²) in [4.78, 5) is 11.5. The normalized spacial score (nSPS) is 15.8. The largest absolute Gasteiger partial charge is 0.374 e. The third-order valence-corrected chi connectivity index (χ3v) is 4.45. The molecule has 88 valence electrons. The smallest absolute Gasteiger partial charge is 0.230 e. The van der Waals surface area contributed by atoms with Crippen LogP contribution < -0.4 is 11.1 Å². The number of carbonyl (C=O) groups excluding carboxylic acids is 1. The van der Waals surface area contributed by atoms with Gasteiger partial charge in [0.2, 0.25) is 11.0 Å². The van der Waals surface area contributed by atoms with Crippen molar-refractivity contribution in [3.05, 3.63) is 0 Å². The number of amides is 1. The van der Waals surface area contributed by atoms with Crippen LogP contribution >= 0.6 is 23.1 Å². The van der Waals surface area contributed by atoms with Crippen LogP contribution in [-0.4, -0.2) is 28.4 Å². The van der Waals surface area contributed by atoms with Gasteiger partial charge in [-0.15, -0.1) is 10.2 Å². The molecular weight excluding hydrogens is 244 g/mol. The van der Waals surface area contributed by atoms with Crippen LogP contribution in [0.1, 0.15) is 19.3 Å². The highest BCUT2D eigenvalue weighted by Crippen LogP contribution is 2.25. The average Bonchev–Trinajstić information content (AvgIpc) is 2.59. The second kappa shape index (κ2) is 5.49. The van der Waals surface area contributed by atoms with Crippen LogP contribution in [0, 0.1) is 5.92 Å². The molecule has 0 atom stereocenters. The molecule has 1 aromatic rings. The van der Waals surface area contributed by atoms with Crippen LogP contribution in [0.2, 0.25) is 0 Å². The molecule has 16 heavy (non-hydrogen) atoms. The van der Waals surface area contributed by atoms with E-state index in [1.54, 1.807) is 0 Å². The molecule has 5 nitrogen and oxygen atoms in total. The number of nitrogens with one attached hydrogen (secondary N) is 1. The highest BCUT2D eigenvalue weighted by molar-refractivity contribution is 8.01. The Balaban J connectivity index is 1.63. The first-order valence-electron chi connectivity index (χ1n) is 5.22. The average molecular weight is 258 g/mol. The minimum atomic E-state index is 0.0608. The first-order valence-corrected chi connectivity index (χ1v) is 7.03. The van der Waals surface area contributed by atoms with Gasteiger partial charge in [0.1, 0.15) is 0 Å². The summed E-state index contributed by atoms with van der Waals surface area (Å²) in [5.41, 5.74) is 5.44. The van der Waals surface area contributed by atoms with Gasteiger partial charge in [-0.05, 0) is 18.8 Å². The van der Waals surface area contributed by atoms with Crippen molar-refractivity contribution in [2.24, 2.45) is 5.92 Å². The first kappa shape index (κ1) is 11.7. The maximum absolute atomic E-state index is 11.5. The second-order valence-electron chi connectivity index (χ2n) is 3.80. The predicted molar refractivity (Wildman–Crippen MR) is 65.4 cm³/mol. The van der Waals surface area contributed by atoms with E-state index in [0.717, 1.165) is 10.9 Å². The Morgan fingerprint density at radius 3 is 2.94 bits per heavy atom. The summed E-state index contributed by atoms with van der Waals surface area (Å²) in [6.07, 6.45) is 3.81. The van der Waals surface area contributed by atoms with Crippen molar-refractivity contribution in [2.75, 3.05) is 18.0 Å². The van der Waals surface area contributed by atoms with Crippen molar-refractivity contribution in [2.45, 2.75) is 23.6 Å². The zero-order valence-electron chi connectivity index (χ0n) is 8.81. The number of rotatable bonds is 5. The zero-order chi connectivity index (χ0) is 11.4. The molecule has 0 radical (unpaired) electrons. The van der Waals surface area contributed by atoms with Crippen LogP contribution in [0.4, 0.5) is 5.13 Å². The summed E-state index contributed by atoms with van der Waals surface area (Å²) < 4.78 is 0.747. The fraction of sp³-hybridized carbons (Fsp3) is 0.667. The molecule has 0 aromatic carbocycles. The number of thioether (sulfide) groups is 1. The topological polar surface area (TPSA) is 80.9 Å². The van der Waals surface area contributed by atoms with Crippen molar-refractivity contribution < 1.29 is 4.79 Å². The summed E-state index contributed by atoms with van der Waals surface area (Å²) in [5, 5.41) is 10.9. The van der Waals surface area contributed by atoms with E-state index in [1.807, 2.05) is 0 Å². The second-order valence-corrected chi connectivity index (χ2v) is 6.03. The van der Waals surface area contributed by atoms with E-state index in [2.05, 4.69) is 15.5 Å². The number of carbonyl (C=O) groups is 1. The van der Waals surface area contributed by atoms with Gasteiger partial charge in [-0.3, -0.25) is 4.79 Å². The number of hydrogen-bond donors (Lipinski definition) is 2. The summed E-state index contributed by atoms with van der Waals surface area (Å²) in [6.45, 7) is 0.817. The molecule has 0 unspecified atom stereocenters. The fourth-order valence-electron chi connectivity index (χ4n) is 1.41. The van der Waals surface area contributed by atoms with Crippen molar-refractivity contribution in [1.82, 2.24) is 15.5 Å². The van der Waals surface area contributed by atoms with Crippen molar-refractivity contribution in [3.8, 4) is 0 Å². The number of anilines is 1. The van der Waals surface area contributed by atoms with Crippen molar-refractivity contribution >= 4 is 34.1 Å². The molecular formula is C9H14N4OS2. The molecule has 3 N–H and O–H groups in total. The Morgan fingerprint density at radius 1 is 1.56 bits per heavy atom. The number of nitrogen functional groups attached to an aromatic ring is 1. The highest BCUT2D eigenvalue weighted by Gasteiger charge is 2.17. The molecule has 0 aliphatic heterocycles. The van der Waals surface area contributed by atoms with Crippen LogP contribution in [0.25, 0.3) is 0 Å². The molecule has 1 saturated carbocycles. The molecule has 0 spiro atoms. The molecule has 7 heteroatoms. The lowest BCUT2D eigenvalue weighted by molar-refractivity contribution is -0.118. The van der Waals surface area contributed by atoms with Crippen molar-refractivity contribution in [1.29, 1.82) is 0 Å². The van der Waals surface area contributed by atoms with E-state index in [4.69, 9.17) is 5.73 Å². The Hall–Kier alpha value is -0.820. The lowest BCUT2D eigenvalue weighted by Gasteiger charge is -2.25. The van der Waals surface area contributed by atoms with Gasteiger partial charge < -0.3 is 11.1 Å². The van der Waals surface area contributed by atoms with Gasteiger partial charge in [-0.25, -0.2) is 0 Å². The van der Waals surface area contributed by atoms with E-state index < -0.39 is 0 Å². The van der Waals surface area contributed by atoms with Gasteiger partial charge in [0.15, 0.2) is 4.34 Å². The number of nitrogens with two attached hydrogens (primary N) is 1. The van der Waals surface area contributed by atoms with Gasteiger partial charge >= 0.3 is 0 Å². The fourth-order valence-corrected chi connectivity index (χ4v) is 2.88. The van der Waals surface area contributed by atoms with Crippen molar-refractivity contribution in [3.63, 3.8) is 0 Å². The third-order valence-electron chi connectivity index (χ3n) is 2.56. The Kier molecular flexibility index (Phi) is 4.00. The van der Waals surface area contributed by atoms with Crippen LogP contribution in [-0.2, 0) is 4.79 Å². The maximum atomic E-state index is 11.5. The molecule has 1 heterocycles. The lowest BCUT2D eigenvalue weighted by atomic mass is 9.85. The van der Waals surface area contributed by atoms with E-state index in [9.17, 15) is 4.79 Å². The van der Waals surface area contributed by atoms with Gasteiger partial charge in [-0.1, -0.05) is 29.5 Å².